The number of para-hydroxylation sites is 2. The van der Waals surface area contributed by atoms with Crippen molar-refractivity contribution in [2.45, 2.75) is 38.1 Å². The van der Waals surface area contributed by atoms with Gasteiger partial charge >= 0.3 is 5.97 Å². The van der Waals surface area contributed by atoms with Gasteiger partial charge in [0.2, 0.25) is 0 Å². The number of esters is 1. The number of piperidine rings is 1. The Morgan fingerprint density at radius 3 is 2.30 bits per heavy atom. The zero-order chi connectivity index (χ0) is 18.8. The number of hydrogen-bond acceptors (Lipinski definition) is 4. The summed E-state index contributed by atoms with van der Waals surface area (Å²) in [6.45, 7) is 2.56. The lowest BCUT2D eigenvalue weighted by molar-refractivity contribution is -0.154. The van der Waals surface area contributed by atoms with Crippen LogP contribution in [-0.4, -0.2) is 36.0 Å². The van der Waals surface area contributed by atoms with E-state index in [1.54, 1.807) is 0 Å². The molecule has 0 bridgehead atoms. The molecule has 0 N–H and O–H groups in total. The van der Waals surface area contributed by atoms with Gasteiger partial charge in [-0.2, -0.15) is 0 Å². The van der Waals surface area contributed by atoms with Gasteiger partial charge in [0, 0.05) is 23.7 Å². The fourth-order valence-electron chi connectivity index (χ4n) is 3.93. The van der Waals surface area contributed by atoms with Crippen molar-refractivity contribution in [3.63, 3.8) is 0 Å². The first-order chi connectivity index (χ1) is 13.1. The molecule has 2 aliphatic heterocycles. The minimum absolute atomic E-state index is 0.121. The molecule has 2 aromatic carbocycles. The Hall–Kier alpha value is -2.82. The first-order valence-corrected chi connectivity index (χ1v) is 9.47. The van der Waals surface area contributed by atoms with Crippen LogP contribution in [-0.2, 0) is 14.3 Å². The molecule has 0 spiro atoms. The maximum atomic E-state index is 12.9. The number of rotatable bonds is 3. The summed E-state index contributed by atoms with van der Waals surface area (Å²) in [5.41, 5.74) is 1.53. The number of likely N-dealkylation sites (tertiary alicyclic amines) is 1. The van der Waals surface area contributed by atoms with Gasteiger partial charge in [0.25, 0.3) is 5.91 Å². The van der Waals surface area contributed by atoms with E-state index in [0.29, 0.717) is 11.5 Å². The maximum Gasteiger partial charge on any atom is 0.318 e. The highest BCUT2D eigenvalue weighted by Gasteiger charge is 2.34. The van der Waals surface area contributed by atoms with Gasteiger partial charge < -0.3 is 14.4 Å². The van der Waals surface area contributed by atoms with Crippen LogP contribution in [0.2, 0.25) is 0 Å². The summed E-state index contributed by atoms with van der Waals surface area (Å²) in [6, 6.07) is 15.1. The predicted octanol–water partition coefficient (Wildman–Crippen LogP) is 3.87. The molecule has 0 aromatic heterocycles. The van der Waals surface area contributed by atoms with Gasteiger partial charge in [-0.1, -0.05) is 36.4 Å². The number of carbonyl (C=O) groups is 2. The van der Waals surface area contributed by atoms with Crippen LogP contribution in [0.1, 0.15) is 43.2 Å². The first kappa shape index (κ1) is 17.6. The van der Waals surface area contributed by atoms with E-state index in [1.807, 2.05) is 60.4 Å². The van der Waals surface area contributed by atoms with E-state index < -0.39 is 11.9 Å². The number of hydrogen-bond donors (Lipinski definition) is 0. The zero-order valence-electron chi connectivity index (χ0n) is 15.4. The second-order valence-electron chi connectivity index (χ2n) is 7.15. The Kier molecular flexibility index (Phi) is 4.84. The molecule has 5 nitrogen and oxygen atoms in total. The molecule has 1 saturated heterocycles. The van der Waals surface area contributed by atoms with Crippen molar-refractivity contribution >= 4 is 11.9 Å². The molecule has 1 atom stereocenters. The molecule has 27 heavy (non-hydrogen) atoms. The van der Waals surface area contributed by atoms with Crippen LogP contribution < -0.4 is 4.74 Å². The molecule has 2 aromatic rings. The molecule has 0 radical (unpaired) electrons. The Labute approximate surface area is 158 Å². The van der Waals surface area contributed by atoms with Crippen molar-refractivity contribution in [1.29, 1.82) is 0 Å². The molecule has 5 heteroatoms. The average molecular weight is 365 g/mol. The van der Waals surface area contributed by atoms with Gasteiger partial charge in [0.15, 0.2) is 6.61 Å². The van der Waals surface area contributed by atoms with Crippen LogP contribution in [0.5, 0.6) is 11.5 Å². The third kappa shape index (κ3) is 3.42. The number of fused-ring (bicyclic) bond motifs is 2. The van der Waals surface area contributed by atoms with Gasteiger partial charge in [-0.3, -0.25) is 9.59 Å². The molecule has 1 amide bonds. The van der Waals surface area contributed by atoms with Crippen molar-refractivity contribution in [2.24, 2.45) is 0 Å². The quantitative estimate of drug-likeness (QED) is 0.775. The Bertz CT molecular complexity index is 817. The minimum atomic E-state index is -0.585. The molecular weight excluding hydrogens is 342 g/mol. The third-order valence-electron chi connectivity index (χ3n) is 5.38. The number of benzene rings is 2. The topological polar surface area (TPSA) is 55.8 Å². The van der Waals surface area contributed by atoms with E-state index in [2.05, 4.69) is 0 Å². The Morgan fingerprint density at radius 2 is 1.67 bits per heavy atom. The van der Waals surface area contributed by atoms with Crippen molar-refractivity contribution in [1.82, 2.24) is 4.90 Å². The Balaban J connectivity index is 1.53. The smallest absolute Gasteiger partial charge is 0.318 e. The van der Waals surface area contributed by atoms with Crippen LogP contribution in [0, 0.1) is 0 Å². The van der Waals surface area contributed by atoms with Crippen molar-refractivity contribution in [3.05, 3.63) is 59.7 Å². The zero-order valence-corrected chi connectivity index (χ0v) is 15.4. The number of amides is 1. The third-order valence-corrected chi connectivity index (χ3v) is 5.38. The van der Waals surface area contributed by atoms with Crippen molar-refractivity contribution in [2.75, 3.05) is 13.2 Å². The summed E-state index contributed by atoms with van der Waals surface area (Å²) >= 11 is 0. The lowest BCUT2D eigenvalue weighted by Gasteiger charge is -2.33. The first-order valence-electron chi connectivity index (χ1n) is 9.47. The van der Waals surface area contributed by atoms with Crippen LogP contribution in [0.4, 0.5) is 0 Å². The standard InChI is InChI=1S/C22H23NO4/c1-15-8-6-7-13-23(15)20(24)14-26-22(25)21-16-9-2-4-11-18(16)27-19-12-5-3-10-17(19)21/h2-5,9-12,15,21H,6-8,13-14H2,1H3/t15-/m0/s1. The molecule has 0 unspecified atom stereocenters. The highest BCUT2D eigenvalue weighted by molar-refractivity contribution is 5.88. The van der Waals surface area contributed by atoms with Crippen LogP contribution in [0.3, 0.4) is 0 Å². The Morgan fingerprint density at radius 1 is 1.04 bits per heavy atom. The van der Waals surface area contributed by atoms with Crippen molar-refractivity contribution < 1.29 is 19.1 Å². The molecule has 0 saturated carbocycles. The number of ether oxygens (including phenoxy) is 2. The van der Waals surface area contributed by atoms with Crippen molar-refractivity contribution in [3.8, 4) is 11.5 Å². The van der Waals surface area contributed by atoms with Gasteiger partial charge in [0.1, 0.15) is 17.4 Å². The fourth-order valence-corrected chi connectivity index (χ4v) is 3.93. The molecule has 2 heterocycles. The van der Waals surface area contributed by atoms with E-state index in [-0.39, 0.29) is 18.6 Å². The summed E-state index contributed by atoms with van der Waals surface area (Å²) in [5.74, 6) is 0.168. The summed E-state index contributed by atoms with van der Waals surface area (Å²) in [4.78, 5) is 27.3. The number of nitrogens with zero attached hydrogens (tertiary/aromatic N) is 1. The van der Waals surface area contributed by atoms with Gasteiger partial charge in [-0.15, -0.1) is 0 Å². The maximum absolute atomic E-state index is 12.9. The van der Waals surface area contributed by atoms with Crippen LogP contribution >= 0.6 is 0 Å². The van der Waals surface area contributed by atoms with E-state index in [9.17, 15) is 9.59 Å². The summed E-state index contributed by atoms with van der Waals surface area (Å²) < 4.78 is 11.4. The highest BCUT2D eigenvalue weighted by Crippen LogP contribution is 2.44. The van der Waals surface area contributed by atoms with Gasteiger partial charge in [-0.05, 0) is 38.3 Å². The van der Waals surface area contributed by atoms with Gasteiger partial charge in [0.05, 0.1) is 0 Å². The van der Waals surface area contributed by atoms with E-state index in [4.69, 9.17) is 9.47 Å². The second kappa shape index (κ2) is 7.43. The lowest BCUT2D eigenvalue weighted by atomic mass is 9.88. The molecule has 0 aliphatic carbocycles. The lowest BCUT2D eigenvalue weighted by Crippen LogP contribution is -2.44. The molecule has 140 valence electrons. The molecule has 2 aliphatic rings. The average Bonchev–Trinajstić information content (AvgIpc) is 2.70. The largest absolute Gasteiger partial charge is 0.457 e. The summed E-state index contributed by atoms with van der Waals surface area (Å²) in [6.07, 6.45) is 3.14. The van der Waals surface area contributed by atoms with Gasteiger partial charge in [-0.25, -0.2) is 0 Å². The minimum Gasteiger partial charge on any atom is -0.457 e. The monoisotopic (exact) mass is 365 g/mol. The molecular formula is C22H23NO4. The van der Waals surface area contributed by atoms with Crippen LogP contribution in [0.15, 0.2) is 48.5 Å². The van der Waals surface area contributed by atoms with E-state index in [1.165, 1.54) is 0 Å². The fraction of sp³-hybridized carbons (Fsp3) is 0.364. The van der Waals surface area contributed by atoms with E-state index >= 15 is 0 Å². The number of carbonyl (C=O) groups excluding carboxylic acids is 2. The highest BCUT2D eigenvalue weighted by atomic mass is 16.5. The SMILES string of the molecule is C[C@H]1CCCCN1C(=O)COC(=O)C1c2ccccc2Oc2ccccc21. The molecule has 4 rings (SSSR count). The second-order valence-corrected chi connectivity index (χ2v) is 7.15. The summed E-state index contributed by atoms with van der Waals surface area (Å²) in [5, 5.41) is 0. The van der Waals surface area contributed by atoms with E-state index in [0.717, 1.165) is 36.9 Å². The summed E-state index contributed by atoms with van der Waals surface area (Å²) in [7, 11) is 0. The van der Waals surface area contributed by atoms with Crippen LogP contribution in [0.25, 0.3) is 0 Å². The molecule has 1 fully saturated rings. The normalized spacial score (nSPS) is 18.9. The predicted molar refractivity (Wildman–Crippen MR) is 101 cm³/mol.